The summed E-state index contributed by atoms with van der Waals surface area (Å²) in [6, 6.07) is 7.43. The Morgan fingerprint density at radius 2 is 2.03 bits per heavy atom. The van der Waals surface area contributed by atoms with Crippen LogP contribution in [0.3, 0.4) is 0 Å². The molecule has 3 heterocycles. The van der Waals surface area contributed by atoms with Gasteiger partial charge in [-0.15, -0.1) is 11.3 Å². The number of aryl methyl sites for hydroxylation is 2. The van der Waals surface area contributed by atoms with Crippen molar-refractivity contribution in [1.82, 2.24) is 19.9 Å². The van der Waals surface area contributed by atoms with E-state index in [2.05, 4.69) is 15.0 Å². The smallest absolute Gasteiger partial charge is 0.263 e. The Labute approximate surface area is 185 Å². The second-order valence-corrected chi connectivity index (χ2v) is 8.88. The quantitative estimate of drug-likeness (QED) is 0.656. The highest BCUT2D eigenvalue weighted by atomic mass is 32.1. The summed E-state index contributed by atoms with van der Waals surface area (Å²) in [7, 11) is 0. The van der Waals surface area contributed by atoms with Crippen LogP contribution in [0.2, 0.25) is 0 Å². The zero-order chi connectivity index (χ0) is 22.0. The zero-order valence-corrected chi connectivity index (χ0v) is 18.7. The topological polar surface area (TPSA) is 88.2 Å². The van der Waals surface area contributed by atoms with Crippen LogP contribution in [0.1, 0.15) is 42.6 Å². The van der Waals surface area contributed by atoms with Gasteiger partial charge >= 0.3 is 0 Å². The average molecular weight is 439 g/mol. The third-order valence-corrected chi connectivity index (χ3v) is 6.38. The van der Waals surface area contributed by atoms with Crippen molar-refractivity contribution in [2.75, 3.05) is 13.1 Å². The number of amides is 1. The molecule has 4 rings (SSSR count). The van der Waals surface area contributed by atoms with Gasteiger partial charge in [-0.1, -0.05) is 17.7 Å². The van der Waals surface area contributed by atoms with Crippen LogP contribution in [0.25, 0.3) is 10.7 Å². The molecule has 1 N–H and O–H groups in total. The van der Waals surface area contributed by atoms with Crippen LogP contribution in [-0.2, 0) is 4.79 Å². The van der Waals surface area contributed by atoms with Crippen LogP contribution in [0.5, 0.6) is 5.75 Å². The number of carbonyl (C=O) groups is 1. The van der Waals surface area contributed by atoms with E-state index in [4.69, 9.17) is 4.74 Å². The summed E-state index contributed by atoms with van der Waals surface area (Å²) in [5, 5.41) is 2.60. The molecule has 162 valence electrons. The van der Waals surface area contributed by atoms with Crippen LogP contribution in [0.4, 0.5) is 0 Å². The van der Waals surface area contributed by atoms with Crippen molar-refractivity contribution < 1.29 is 9.53 Å². The Hall–Kier alpha value is -3.00. The van der Waals surface area contributed by atoms with Gasteiger partial charge in [0.05, 0.1) is 0 Å². The van der Waals surface area contributed by atoms with E-state index < -0.39 is 6.10 Å². The van der Waals surface area contributed by atoms with Crippen molar-refractivity contribution in [2.24, 2.45) is 0 Å². The first kappa shape index (κ1) is 21.2. The third-order valence-electron chi connectivity index (χ3n) is 5.59. The number of H-pyrrole nitrogens is 1. The fourth-order valence-electron chi connectivity index (χ4n) is 3.93. The van der Waals surface area contributed by atoms with Crippen molar-refractivity contribution in [2.45, 2.75) is 45.6 Å². The van der Waals surface area contributed by atoms with Crippen molar-refractivity contribution in [1.29, 1.82) is 0 Å². The van der Waals surface area contributed by atoms with E-state index in [-0.39, 0.29) is 17.4 Å². The van der Waals surface area contributed by atoms with E-state index >= 15 is 0 Å². The number of nitrogens with one attached hydrogen (secondary N) is 1. The van der Waals surface area contributed by atoms with E-state index in [1.165, 1.54) is 17.4 Å². The molecule has 31 heavy (non-hydrogen) atoms. The molecule has 1 aliphatic heterocycles. The molecule has 0 unspecified atom stereocenters. The standard InChI is InChI=1S/C23H26N4O3S/c1-14-4-5-19(15(2)12-14)30-16(3)23(29)27-9-6-17(7-10-27)21-25-18(13-20(28)26-21)22-24-8-11-31-22/h4-5,8,11-13,16-17H,6-7,9-10H2,1-3H3,(H,25,26,28)/t16-/m0/s1. The summed E-state index contributed by atoms with van der Waals surface area (Å²) in [6.45, 7) is 7.03. The maximum atomic E-state index is 12.9. The number of carbonyl (C=O) groups excluding carboxylic acids is 1. The predicted molar refractivity (Wildman–Crippen MR) is 121 cm³/mol. The average Bonchev–Trinajstić information content (AvgIpc) is 3.30. The van der Waals surface area contributed by atoms with Gasteiger partial charge in [0.25, 0.3) is 11.5 Å². The Balaban J connectivity index is 1.39. The van der Waals surface area contributed by atoms with Crippen LogP contribution in [0, 0.1) is 13.8 Å². The molecule has 2 aromatic heterocycles. The summed E-state index contributed by atoms with van der Waals surface area (Å²) in [4.78, 5) is 38.6. The Morgan fingerprint density at radius 1 is 1.26 bits per heavy atom. The molecule has 1 atom stereocenters. The second-order valence-electron chi connectivity index (χ2n) is 7.98. The van der Waals surface area contributed by atoms with Crippen LogP contribution in [0.15, 0.2) is 40.6 Å². The number of hydrogen-bond acceptors (Lipinski definition) is 6. The van der Waals surface area contributed by atoms with Gasteiger partial charge in [-0.25, -0.2) is 9.97 Å². The number of aromatic amines is 1. The number of likely N-dealkylation sites (tertiary alicyclic amines) is 1. The molecule has 1 amide bonds. The molecule has 0 aliphatic carbocycles. The van der Waals surface area contributed by atoms with Crippen molar-refractivity contribution in [3.8, 4) is 16.5 Å². The van der Waals surface area contributed by atoms with E-state index in [1.54, 1.807) is 13.1 Å². The van der Waals surface area contributed by atoms with Gasteiger partial charge in [0.2, 0.25) is 0 Å². The Kier molecular flexibility index (Phi) is 6.18. The second kappa shape index (κ2) is 9.01. The van der Waals surface area contributed by atoms with E-state index in [1.807, 2.05) is 42.3 Å². The molecule has 3 aromatic rings. The summed E-state index contributed by atoms with van der Waals surface area (Å²) < 4.78 is 5.94. The van der Waals surface area contributed by atoms with Gasteiger partial charge in [0.15, 0.2) is 6.10 Å². The van der Waals surface area contributed by atoms with Crippen molar-refractivity contribution in [3.63, 3.8) is 0 Å². The third kappa shape index (κ3) is 4.85. The van der Waals surface area contributed by atoms with Crippen LogP contribution in [-0.4, -0.2) is 45.0 Å². The number of hydrogen-bond donors (Lipinski definition) is 1. The normalized spacial score (nSPS) is 15.6. The molecule has 1 aliphatic rings. The lowest BCUT2D eigenvalue weighted by molar-refractivity contribution is -0.139. The number of nitrogens with zero attached hydrogens (tertiary/aromatic N) is 3. The minimum Gasteiger partial charge on any atom is -0.481 e. The zero-order valence-electron chi connectivity index (χ0n) is 17.9. The van der Waals surface area contributed by atoms with Gasteiger partial charge in [-0.05, 0) is 45.2 Å². The lowest BCUT2D eigenvalue weighted by atomic mass is 9.95. The van der Waals surface area contributed by atoms with Gasteiger partial charge < -0.3 is 14.6 Å². The first-order valence-electron chi connectivity index (χ1n) is 10.4. The van der Waals surface area contributed by atoms with E-state index in [0.29, 0.717) is 24.6 Å². The molecule has 0 saturated carbocycles. The van der Waals surface area contributed by atoms with Gasteiger partial charge in [0, 0.05) is 36.7 Å². The maximum Gasteiger partial charge on any atom is 0.263 e. The Morgan fingerprint density at radius 3 is 2.71 bits per heavy atom. The lowest BCUT2D eigenvalue weighted by Gasteiger charge is -2.33. The molecule has 0 bridgehead atoms. The molecule has 7 nitrogen and oxygen atoms in total. The fraction of sp³-hybridized carbons (Fsp3) is 0.391. The summed E-state index contributed by atoms with van der Waals surface area (Å²) in [5.41, 5.74) is 2.61. The summed E-state index contributed by atoms with van der Waals surface area (Å²) in [6.07, 6.45) is 2.64. The number of rotatable bonds is 5. The van der Waals surface area contributed by atoms with Crippen LogP contribution < -0.4 is 10.3 Å². The highest BCUT2D eigenvalue weighted by Crippen LogP contribution is 2.28. The maximum absolute atomic E-state index is 12.9. The highest BCUT2D eigenvalue weighted by Gasteiger charge is 2.29. The van der Waals surface area contributed by atoms with E-state index in [0.717, 1.165) is 34.7 Å². The largest absolute Gasteiger partial charge is 0.481 e. The molecule has 1 aromatic carbocycles. The number of thiazole rings is 1. The number of piperidine rings is 1. The summed E-state index contributed by atoms with van der Waals surface area (Å²) >= 11 is 1.46. The van der Waals surface area contributed by atoms with Crippen molar-refractivity contribution in [3.05, 3.63) is 63.1 Å². The molecule has 8 heteroatoms. The Bertz CT molecular complexity index is 1120. The van der Waals surface area contributed by atoms with Gasteiger partial charge in [-0.2, -0.15) is 0 Å². The number of aromatic nitrogens is 3. The number of ether oxygens (including phenoxy) is 1. The lowest BCUT2D eigenvalue weighted by Crippen LogP contribution is -2.44. The molecule has 1 saturated heterocycles. The monoisotopic (exact) mass is 438 g/mol. The first-order chi connectivity index (χ1) is 14.9. The highest BCUT2D eigenvalue weighted by molar-refractivity contribution is 7.13. The fourth-order valence-corrected chi connectivity index (χ4v) is 4.53. The predicted octanol–water partition coefficient (Wildman–Crippen LogP) is 3.68. The van der Waals surface area contributed by atoms with Gasteiger partial charge in [-0.3, -0.25) is 9.59 Å². The molecular formula is C23H26N4O3S. The first-order valence-corrected chi connectivity index (χ1v) is 11.3. The minimum atomic E-state index is -0.552. The number of benzene rings is 1. The van der Waals surface area contributed by atoms with E-state index in [9.17, 15) is 9.59 Å². The summed E-state index contributed by atoms with van der Waals surface area (Å²) in [5.74, 6) is 1.50. The van der Waals surface area contributed by atoms with Crippen LogP contribution >= 0.6 is 11.3 Å². The molecule has 0 spiro atoms. The van der Waals surface area contributed by atoms with Crippen molar-refractivity contribution >= 4 is 17.2 Å². The minimum absolute atomic E-state index is 0.0172. The molecular weight excluding hydrogens is 412 g/mol. The van der Waals surface area contributed by atoms with Gasteiger partial charge in [0.1, 0.15) is 22.3 Å². The molecule has 1 fully saturated rings. The molecule has 0 radical (unpaired) electrons. The SMILES string of the molecule is Cc1ccc(O[C@@H](C)C(=O)N2CCC(c3nc(-c4nccs4)cc(=O)[nH]3)CC2)c(C)c1.